The molecule has 86 valence electrons. The van der Waals surface area contributed by atoms with Crippen molar-refractivity contribution in [1.82, 2.24) is 0 Å². The number of carbonyl (C=O) groups is 1. The molecule has 1 aromatic carbocycles. The first-order chi connectivity index (χ1) is 7.63. The first-order valence-corrected chi connectivity index (χ1v) is 5.35. The van der Waals surface area contributed by atoms with Crippen molar-refractivity contribution in [3.8, 4) is 0 Å². The Hall–Kier alpha value is -1.58. The fourth-order valence-corrected chi connectivity index (χ4v) is 1.89. The highest BCUT2D eigenvalue weighted by Gasteiger charge is 2.46. The van der Waals surface area contributed by atoms with Gasteiger partial charge in [-0.25, -0.2) is 4.39 Å². The zero-order chi connectivity index (χ0) is 11.7. The van der Waals surface area contributed by atoms with E-state index < -0.39 is 0 Å². The van der Waals surface area contributed by atoms with Crippen LogP contribution in [0, 0.1) is 11.7 Å². The highest BCUT2D eigenvalue weighted by molar-refractivity contribution is 5.77. The van der Waals surface area contributed by atoms with Gasteiger partial charge in [-0.05, 0) is 31.0 Å². The number of nitrogen functional groups attached to an aromatic ring is 1. The second-order valence-electron chi connectivity index (χ2n) is 3.98. The van der Waals surface area contributed by atoms with Gasteiger partial charge < -0.3 is 10.5 Å². The van der Waals surface area contributed by atoms with E-state index in [2.05, 4.69) is 0 Å². The molecule has 0 heterocycles. The molecule has 0 saturated heterocycles. The predicted molar refractivity (Wildman–Crippen MR) is 58.3 cm³/mol. The molecule has 2 rings (SSSR count). The van der Waals surface area contributed by atoms with E-state index in [-0.39, 0.29) is 23.6 Å². The molecule has 0 radical (unpaired) electrons. The minimum atomic E-state index is -0.336. The Labute approximate surface area is 93.4 Å². The van der Waals surface area contributed by atoms with Crippen molar-refractivity contribution >= 4 is 11.7 Å². The van der Waals surface area contributed by atoms with Gasteiger partial charge in [0.25, 0.3) is 0 Å². The summed E-state index contributed by atoms with van der Waals surface area (Å²) in [5.41, 5.74) is 6.42. The van der Waals surface area contributed by atoms with Crippen molar-refractivity contribution in [2.45, 2.75) is 19.3 Å². The number of nitrogens with two attached hydrogens (primary N) is 1. The lowest BCUT2D eigenvalue weighted by atomic mass is 10.1. The molecule has 0 aliphatic heterocycles. The van der Waals surface area contributed by atoms with Gasteiger partial charge in [-0.15, -0.1) is 0 Å². The number of hydrogen-bond acceptors (Lipinski definition) is 3. The molecule has 0 aromatic heterocycles. The van der Waals surface area contributed by atoms with Gasteiger partial charge in [-0.2, -0.15) is 0 Å². The van der Waals surface area contributed by atoms with Crippen molar-refractivity contribution in [3.05, 3.63) is 29.6 Å². The van der Waals surface area contributed by atoms with E-state index in [4.69, 9.17) is 10.5 Å². The van der Waals surface area contributed by atoms with Crippen LogP contribution in [0.3, 0.4) is 0 Å². The number of carbonyl (C=O) groups excluding carboxylic acids is 1. The standard InChI is InChI=1S/C12H14FNO2/c1-2-16-12(15)10-6-9(10)8-4-3-7(14)5-11(8)13/h3-5,9-10H,2,6,14H2,1H3. The Bertz CT molecular complexity index is 419. The van der Waals surface area contributed by atoms with Crippen molar-refractivity contribution in [2.75, 3.05) is 12.3 Å². The zero-order valence-corrected chi connectivity index (χ0v) is 9.07. The summed E-state index contributed by atoms with van der Waals surface area (Å²) < 4.78 is 18.4. The monoisotopic (exact) mass is 223 g/mol. The number of hydrogen-bond donors (Lipinski definition) is 1. The number of anilines is 1. The normalized spacial score (nSPS) is 22.9. The third-order valence-corrected chi connectivity index (χ3v) is 2.80. The first kappa shape index (κ1) is 10.9. The summed E-state index contributed by atoms with van der Waals surface area (Å²) in [6.07, 6.45) is 0.666. The van der Waals surface area contributed by atoms with E-state index in [0.717, 1.165) is 0 Å². The second kappa shape index (κ2) is 4.12. The maximum atomic E-state index is 13.5. The SMILES string of the molecule is CCOC(=O)C1CC1c1ccc(N)cc1F. The molecule has 1 saturated carbocycles. The predicted octanol–water partition coefficient (Wildman–Crippen LogP) is 2.07. The quantitative estimate of drug-likeness (QED) is 0.630. The zero-order valence-electron chi connectivity index (χ0n) is 9.07. The Morgan fingerprint density at radius 2 is 2.38 bits per heavy atom. The number of esters is 1. The molecule has 1 aliphatic rings. The molecule has 0 spiro atoms. The average Bonchev–Trinajstić information content (AvgIpc) is 2.98. The van der Waals surface area contributed by atoms with Crippen LogP contribution in [0.5, 0.6) is 0 Å². The lowest BCUT2D eigenvalue weighted by Crippen LogP contribution is -2.07. The number of rotatable bonds is 3. The van der Waals surface area contributed by atoms with Crippen molar-refractivity contribution < 1.29 is 13.9 Å². The molecule has 0 bridgehead atoms. The highest BCUT2D eigenvalue weighted by atomic mass is 19.1. The fourth-order valence-electron chi connectivity index (χ4n) is 1.89. The van der Waals surface area contributed by atoms with E-state index in [0.29, 0.717) is 24.3 Å². The van der Waals surface area contributed by atoms with Crippen LogP contribution in [0.1, 0.15) is 24.8 Å². The van der Waals surface area contributed by atoms with E-state index in [1.54, 1.807) is 19.1 Å². The van der Waals surface area contributed by atoms with Crippen molar-refractivity contribution in [3.63, 3.8) is 0 Å². The van der Waals surface area contributed by atoms with Gasteiger partial charge in [-0.1, -0.05) is 6.07 Å². The maximum absolute atomic E-state index is 13.5. The van der Waals surface area contributed by atoms with Crippen LogP contribution in [0.4, 0.5) is 10.1 Å². The van der Waals surface area contributed by atoms with E-state index in [9.17, 15) is 9.18 Å². The minimum absolute atomic E-state index is 0.0420. The van der Waals surface area contributed by atoms with Crippen LogP contribution < -0.4 is 5.73 Å². The van der Waals surface area contributed by atoms with Crippen LogP contribution in [0.2, 0.25) is 0 Å². The summed E-state index contributed by atoms with van der Waals surface area (Å²) in [7, 11) is 0. The molecule has 1 aromatic rings. The summed E-state index contributed by atoms with van der Waals surface area (Å²) >= 11 is 0. The summed E-state index contributed by atoms with van der Waals surface area (Å²) in [5, 5.41) is 0. The molecule has 2 atom stereocenters. The molecule has 1 fully saturated rings. The second-order valence-corrected chi connectivity index (χ2v) is 3.98. The van der Waals surface area contributed by atoms with E-state index in [1.807, 2.05) is 0 Å². The minimum Gasteiger partial charge on any atom is -0.466 e. The van der Waals surface area contributed by atoms with E-state index >= 15 is 0 Å². The van der Waals surface area contributed by atoms with Crippen molar-refractivity contribution in [1.29, 1.82) is 0 Å². The third kappa shape index (κ3) is 2.01. The molecule has 3 nitrogen and oxygen atoms in total. The Morgan fingerprint density at radius 3 is 3.00 bits per heavy atom. The summed E-state index contributed by atoms with van der Waals surface area (Å²) in [6.45, 7) is 2.13. The number of ether oxygens (including phenoxy) is 1. The molecule has 4 heteroatoms. The summed E-state index contributed by atoms with van der Waals surface area (Å²) in [4.78, 5) is 11.4. The van der Waals surface area contributed by atoms with Gasteiger partial charge in [0, 0.05) is 11.6 Å². The maximum Gasteiger partial charge on any atom is 0.309 e. The van der Waals surface area contributed by atoms with Gasteiger partial charge in [-0.3, -0.25) is 4.79 Å². The van der Waals surface area contributed by atoms with Crippen LogP contribution in [0.25, 0.3) is 0 Å². The Balaban J connectivity index is 2.08. The van der Waals surface area contributed by atoms with Gasteiger partial charge in [0.2, 0.25) is 0 Å². The molecular weight excluding hydrogens is 209 g/mol. The topological polar surface area (TPSA) is 52.3 Å². The smallest absolute Gasteiger partial charge is 0.309 e. The van der Waals surface area contributed by atoms with Gasteiger partial charge >= 0.3 is 5.97 Å². The summed E-state index contributed by atoms with van der Waals surface area (Å²) in [6, 6.07) is 4.59. The summed E-state index contributed by atoms with van der Waals surface area (Å²) in [5.74, 6) is -0.793. The Kier molecular flexibility index (Phi) is 2.81. The van der Waals surface area contributed by atoms with Crippen LogP contribution in [0.15, 0.2) is 18.2 Å². The lowest BCUT2D eigenvalue weighted by Gasteiger charge is -2.03. The average molecular weight is 223 g/mol. The van der Waals surface area contributed by atoms with Gasteiger partial charge in [0.1, 0.15) is 5.82 Å². The Morgan fingerprint density at radius 1 is 1.62 bits per heavy atom. The highest BCUT2D eigenvalue weighted by Crippen LogP contribution is 2.49. The lowest BCUT2D eigenvalue weighted by molar-refractivity contribution is -0.144. The number of benzene rings is 1. The van der Waals surface area contributed by atoms with Crippen molar-refractivity contribution in [2.24, 2.45) is 5.92 Å². The molecular formula is C12H14FNO2. The van der Waals surface area contributed by atoms with Gasteiger partial charge in [0.15, 0.2) is 0 Å². The van der Waals surface area contributed by atoms with Gasteiger partial charge in [0.05, 0.1) is 12.5 Å². The molecule has 16 heavy (non-hydrogen) atoms. The third-order valence-electron chi connectivity index (χ3n) is 2.80. The molecule has 0 amide bonds. The molecule has 2 unspecified atom stereocenters. The van der Waals surface area contributed by atoms with Crippen LogP contribution >= 0.6 is 0 Å². The fraction of sp³-hybridized carbons (Fsp3) is 0.417. The molecule has 1 aliphatic carbocycles. The van der Waals surface area contributed by atoms with Crippen LogP contribution in [-0.2, 0) is 9.53 Å². The number of halogens is 1. The first-order valence-electron chi connectivity index (χ1n) is 5.35. The molecule has 2 N–H and O–H groups in total. The van der Waals surface area contributed by atoms with Crippen LogP contribution in [-0.4, -0.2) is 12.6 Å². The largest absolute Gasteiger partial charge is 0.466 e. The van der Waals surface area contributed by atoms with E-state index in [1.165, 1.54) is 6.07 Å².